The third-order valence-corrected chi connectivity index (χ3v) is 5.19. The van der Waals surface area contributed by atoms with Gasteiger partial charge in [0.1, 0.15) is 5.54 Å². The van der Waals surface area contributed by atoms with Crippen molar-refractivity contribution in [2.24, 2.45) is 5.92 Å². The molecule has 0 aromatic rings. The number of piperidine rings is 1. The van der Waals surface area contributed by atoms with Gasteiger partial charge in [0.15, 0.2) is 0 Å². The van der Waals surface area contributed by atoms with Crippen LogP contribution in [0.25, 0.3) is 0 Å². The topological polar surface area (TPSA) is 39.1 Å². The Morgan fingerprint density at radius 1 is 1.28 bits per heavy atom. The van der Waals surface area contributed by atoms with E-state index in [1.807, 2.05) is 0 Å². The number of likely N-dealkylation sites (tertiary alicyclic amines) is 1. The number of nitrogens with one attached hydrogen (secondary N) is 1. The lowest BCUT2D eigenvalue weighted by molar-refractivity contribution is 0.146. The molecule has 0 aromatic carbocycles. The van der Waals surface area contributed by atoms with Crippen LogP contribution in [-0.4, -0.2) is 35.1 Å². The zero-order valence-electron chi connectivity index (χ0n) is 11.7. The van der Waals surface area contributed by atoms with Crippen molar-refractivity contribution in [3.05, 3.63) is 0 Å². The molecule has 2 aliphatic carbocycles. The van der Waals surface area contributed by atoms with Gasteiger partial charge in [-0.05, 0) is 58.3 Å². The molecule has 2 bridgehead atoms. The Balaban J connectivity index is 1.66. The van der Waals surface area contributed by atoms with Crippen LogP contribution in [0.15, 0.2) is 0 Å². The smallest absolute Gasteiger partial charge is 0.108 e. The van der Waals surface area contributed by atoms with Crippen LogP contribution in [0.4, 0.5) is 0 Å². The predicted octanol–water partition coefficient (Wildman–Crippen LogP) is 2.28. The number of nitrogens with zero attached hydrogens (tertiary/aromatic N) is 2. The van der Waals surface area contributed by atoms with Gasteiger partial charge in [-0.3, -0.25) is 10.2 Å². The van der Waals surface area contributed by atoms with Crippen molar-refractivity contribution in [1.29, 1.82) is 5.26 Å². The highest BCUT2D eigenvalue weighted by atomic mass is 15.2. The maximum atomic E-state index is 9.53. The molecule has 3 aliphatic rings. The first-order chi connectivity index (χ1) is 8.62. The van der Waals surface area contributed by atoms with Crippen LogP contribution >= 0.6 is 0 Å². The van der Waals surface area contributed by atoms with Crippen molar-refractivity contribution < 1.29 is 0 Å². The molecular formula is C15H25N3. The minimum absolute atomic E-state index is 0.249. The third-order valence-electron chi connectivity index (χ3n) is 5.19. The quantitative estimate of drug-likeness (QED) is 0.831. The van der Waals surface area contributed by atoms with Crippen LogP contribution in [-0.2, 0) is 0 Å². The van der Waals surface area contributed by atoms with Crippen molar-refractivity contribution in [3.8, 4) is 6.07 Å². The maximum absolute atomic E-state index is 9.53. The summed E-state index contributed by atoms with van der Waals surface area (Å²) in [4.78, 5) is 2.73. The highest BCUT2D eigenvalue weighted by Gasteiger charge is 2.47. The Hall–Kier alpha value is -0.590. The van der Waals surface area contributed by atoms with E-state index < -0.39 is 0 Å². The zero-order valence-corrected chi connectivity index (χ0v) is 11.7. The molecule has 1 aliphatic heterocycles. The predicted molar refractivity (Wildman–Crippen MR) is 72.1 cm³/mol. The molecule has 1 N–H and O–H groups in total. The van der Waals surface area contributed by atoms with E-state index in [1.165, 1.54) is 32.2 Å². The number of nitriles is 1. The SMILES string of the molecule is CC(C)NC1(C#N)CCC(N2CC3CCC2C3)C1. The maximum Gasteiger partial charge on any atom is 0.108 e. The van der Waals surface area contributed by atoms with Crippen LogP contribution in [0, 0.1) is 17.2 Å². The van der Waals surface area contributed by atoms with Crippen LogP contribution in [0.3, 0.4) is 0 Å². The lowest BCUT2D eigenvalue weighted by atomic mass is 9.97. The van der Waals surface area contributed by atoms with Gasteiger partial charge in [-0.2, -0.15) is 5.26 Å². The molecule has 0 spiro atoms. The lowest BCUT2D eigenvalue weighted by Gasteiger charge is -2.34. The van der Waals surface area contributed by atoms with Crippen molar-refractivity contribution in [2.75, 3.05) is 6.54 Å². The van der Waals surface area contributed by atoms with Crippen molar-refractivity contribution in [1.82, 2.24) is 10.2 Å². The molecule has 3 rings (SSSR count). The highest BCUT2D eigenvalue weighted by molar-refractivity contribution is 5.15. The second-order valence-corrected chi connectivity index (χ2v) is 6.92. The standard InChI is InChI=1S/C15H25N3/c1-11(2)17-15(10-16)6-5-14(8-15)18-9-12-3-4-13(18)7-12/h11-14,17H,3-9H2,1-2H3. The molecule has 3 fully saturated rings. The first-order valence-electron chi connectivity index (χ1n) is 7.56. The third kappa shape index (κ3) is 2.06. The molecule has 4 atom stereocenters. The largest absolute Gasteiger partial charge is 0.297 e. The summed E-state index contributed by atoms with van der Waals surface area (Å²) in [6, 6.07) is 4.47. The van der Waals surface area contributed by atoms with Gasteiger partial charge < -0.3 is 0 Å². The molecule has 1 heterocycles. The fraction of sp³-hybridized carbons (Fsp3) is 0.933. The van der Waals surface area contributed by atoms with Crippen molar-refractivity contribution in [3.63, 3.8) is 0 Å². The normalized spacial score (nSPS) is 43.8. The molecule has 2 saturated carbocycles. The van der Waals surface area contributed by atoms with E-state index >= 15 is 0 Å². The van der Waals surface area contributed by atoms with Crippen LogP contribution < -0.4 is 5.32 Å². The fourth-order valence-corrected chi connectivity index (χ4v) is 4.53. The molecule has 100 valence electrons. The molecular weight excluding hydrogens is 222 g/mol. The van der Waals surface area contributed by atoms with E-state index in [1.54, 1.807) is 0 Å². The number of hydrogen-bond donors (Lipinski definition) is 1. The van der Waals surface area contributed by atoms with Gasteiger partial charge in [-0.1, -0.05) is 0 Å². The Morgan fingerprint density at radius 3 is 2.67 bits per heavy atom. The van der Waals surface area contributed by atoms with Crippen molar-refractivity contribution in [2.45, 2.75) is 76.0 Å². The number of rotatable bonds is 3. The van der Waals surface area contributed by atoms with E-state index in [-0.39, 0.29) is 5.54 Å². The van der Waals surface area contributed by atoms with E-state index in [0.29, 0.717) is 12.1 Å². The average Bonchev–Trinajstić information content (AvgIpc) is 3.01. The van der Waals surface area contributed by atoms with Crippen LogP contribution in [0.5, 0.6) is 0 Å². The first-order valence-corrected chi connectivity index (χ1v) is 7.56. The molecule has 0 radical (unpaired) electrons. The Morgan fingerprint density at radius 2 is 2.11 bits per heavy atom. The van der Waals surface area contributed by atoms with Gasteiger partial charge in [0.2, 0.25) is 0 Å². The summed E-state index contributed by atoms with van der Waals surface area (Å²) in [5.74, 6) is 0.963. The van der Waals surface area contributed by atoms with Crippen molar-refractivity contribution >= 4 is 0 Å². The Kier molecular flexibility index (Phi) is 3.11. The van der Waals surface area contributed by atoms with Gasteiger partial charge in [0, 0.05) is 24.7 Å². The molecule has 3 nitrogen and oxygen atoms in total. The Labute approximate surface area is 111 Å². The average molecular weight is 247 g/mol. The van der Waals surface area contributed by atoms with Gasteiger partial charge in [0.25, 0.3) is 0 Å². The zero-order chi connectivity index (χ0) is 12.8. The number of hydrogen-bond acceptors (Lipinski definition) is 3. The summed E-state index contributed by atoms with van der Waals surface area (Å²) in [5, 5.41) is 13.0. The lowest BCUT2D eigenvalue weighted by Crippen LogP contribution is -2.48. The second-order valence-electron chi connectivity index (χ2n) is 6.92. The minimum atomic E-state index is -0.249. The first kappa shape index (κ1) is 12.4. The summed E-state index contributed by atoms with van der Waals surface area (Å²) < 4.78 is 0. The number of fused-ring (bicyclic) bond motifs is 2. The summed E-state index contributed by atoms with van der Waals surface area (Å²) >= 11 is 0. The van der Waals surface area contributed by atoms with E-state index in [9.17, 15) is 5.26 Å². The van der Waals surface area contributed by atoms with E-state index in [0.717, 1.165) is 24.8 Å². The van der Waals surface area contributed by atoms with Gasteiger partial charge in [0.05, 0.1) is 6.07 Å². The van der Waals surface area contributed by atoms with Gasteiger partial charge >= 0.3 is 0 Å². The molecule has 3 heteroatoms. The van der Waals surface area contributed by atoms with Gasteiger partial charge in [-0.25, -0.2) is 0 Å². The van der Waals surface area contributed by atoms with Crippen LogP contribution in [0.2, 0.25) is 0 Å². The Bertz CT molecular complexity index is 359. The fourth-order valence-electron chi connectivity index (χ4n) is 4.53. The summed E-state index contributed by atoms with van der Waals surface area (Å²) in [6.07, 6.45) is 7.54. The van der Waals surface area contributed by atoms with Crippen LogP contribution in [0.1, 0.15) is 52.4 Å². The summed E-state index contributed by atoms with van der Waals surface area (Å²) in [5.41, 5.74) is -0.249. The molecule has 4 unspecified atom stereocenters. The highest BCUT2D eigenvalue weighted by Crippen LogP contribution is 2.43. The summed E-state index contributed by atoms with van der Waals surface area (Å²) in [7, 11) is 0. The molecule has 1 saturated heterocycles. The minimum Gasteiger partial charge on any atom is -0.297 e. The molecule has 18 heavy (non-hydrogen) atoms. The summed E-state index contributed by atoms with van der Waals surface area (Å²) in [6.45, 7) is 5.59. The van der Waals surface area contributed by atoms with Gasteiger partial charge in [-0.15, -0.1) is 0 Å². The van der Waals surface area contributed by atoms with E-state index in [2.05, 4.69) is 30.1 Å². The molecule has 0 aromatic heterocycles. The second kappa shape index (κ2) is 4.51. The monoisotopic (exact) mass is 247 g/mol. The van der Waals surface area contributed by atoms with E-state index in [4.69, 9.17) is 0 Å². The molecule has 0 amide bonds.